The molecule has 1 heterocycles. The second-order valence-electron chi connectivity index (χ2n) is 6.63. The van der Waals surface area contributed by atoms with Crippen LogP contribution < -0.4 is 14.9 Å². The van der Waals surface area contributed by atoms with Gasteiger partial charge in [0, 0.05) is 6.20 Å². The Morgan fingerprint density at radius 2 is 2.03 bits per heavy atom. The zero-order chi connectivity index (χ0) is 24.0. The average molecular weight is 480 g/mol. The van der Waals surface area contributed by atoms with Crippen LogP contribution in [0.1, 0.15) is 27.0 Å². The molecule has 2 N–H and O–H groups in total. The van der Waals surface area contributed by atoms with Crippen molar-refractivity contribution in [2.24, 2.45) is 5.10 Å². The zero-order valence-corrected chi connectivity index (χ0v) is 17.8. The summed E-state index contributed by atoms with van der Waals surface area (Å²) in [5.74, 6) is -0.350. The number of methoxy groups -OCH3 is 1. The van der Waals surface area contributed by atoms with Crippen molar-refractivity contribution in [2.45, 2.75) is 12.8 Å². The Kier molecular flexibility index (Phi) is 7.39. The summed E-state index contributed by atoms with van der Waals surface area (Å²) in [7, 11) is 1.43. The molecule has 0 atom stereocenters. The second kappa shape index (κ2) is 10.2. The van der Waals surface area contributed by atoms with E-state index >= 15 is 0 Å². The van der Waals surface area contributed by atoms with Gasteiger partial charge < -0.3 is 14.6 Å². The Labute approximate surface area is 191 Å². The first-order valence-electron chi connectivity index (χ1n) is 9.32. The Balaban J connectivity index is 1.69. The molecule has 0 bridgehead atoms. The van der Waals surface area contributed by atoms with Gasteiger partial charge >= 0.3 is 12.1 Å². The number of alkyl halides is 3. The van der Waals surface area contributed by atoms with Gasteiger partial charge in [-0.1, -0.05) is 23.7 Å². The number of hydrogen-bond donors (Lipinski definition) is 2. The number of carboxylic acid groups (broad SMARTS) is 1. The molecule has 3 rings (SSSR count). The molecule has 11 heteroatoms. The highest BCUT2D eigenvalue weighted by Crippen LogP contribution is 2.36. The van der Waals surface area contributed by atoms with E-state index < -0.39 is 17.7 Å². The van der Waals surface area contributed by atoms with E-state index in [-0.39, 0.29) is 28.8 Å². The lowest BCUT2D eigenvalue weighted by Crippen LogP contribution is -2.05. The van der Waals surface area contributed by atoms with Crippen LogP contribution in [0.2, 0.25) is 5.02 Å². The number of ether oxygens (including phenoxy) is 2. The predicted octanol–water partition coefficient (Wildman–Crippen LogP) is 5.49. The molecular formula is C22H17ClF3N3O4. The van der Waals surface area contributed by atoms with Crippen LogP contribution in [0.25, 0.3) is 0 Å². The standard InChI is InChI=1S/C22H17ClF3N3O4/c1-32-18-9-14(10-28-29-19-6-5-16(11-27-19)22(24,25)26)8-17(23)20(18)33-12-13-3-2-4-15(7-13)21(30)31/h2-11H,12H2,1H3,(H,27,29)(H,30,31)/b28-10-. The minimum atomic E-state index is -4.47. The van der Waals surface area contributed by atoms with Gasteiger partial charge in [0.05, 0.1) is 29.5 Å². The van der Waals surface area contributed by atoms with Crippen molar-refractivity contribution in [3.8, 4) is 11.5 Å². The number of pyridine rings is 1. The van der Waals surface area contributed by atoms with E-state index in [0.29, 0.717) is 23.1 Å². The third-order valence-electron chi connectivity index (χ3n) is 4.29. The van der Waals surface area contributed by atoms with Gasteiger partial charge in [0.2, 0.25) is 0 Å². The van der Waals surface area contributed by atoms with E-state index in [0.717, 1.165) is 12.1 Å². The van der Waals surface area contributed by atoms with Gasteiger partial charge in [-0.05, 0) is 47.5 Å². The quantitative estimate of drug-likeness (QED) is 0.328. The van der Waals surface area contributed by atoms with Crippen molar-refractivity contribution in [1.29, 1.82) is 0 Å². The number of hydrazone groups is 1. The lowest BCUT2D eigenvalue weighted by molar-refractivity contribution is -0.137. The zero-order valence-electron chi connectivity index (χ0n) is 17.1. The number of nitrogens with zero attached hydrogens (tertiary/aromatic N) is 2. The molecule has 0 aliphatic rings. The van der Waals surface area contributed by atoms with Crippen molar-refractivity contribution < 1.29 is 32.5 Å². The number of halogens is 4. The van der Waals surface area contributed by atoms with Crippen LogP contribution in [0.5, 0.6) is 11.5 Å². The van der Waals surface area contributed by atoms with Crippen LogP contribution in [0.3, 0.4) is 0 Å². The highest BCUT2D eigenvalue weighted by molar-refractivity contribution is 6.32. The van der Waals surface area contributed by atoms with E-state index in [9.17, 15) is 18.0 Å². The van der Waals surface area contributed by atoms with Crippen molar-refractivity contribution in [2.75, 3.05) is 12.5 Å². The van der Waals surface area contributed by atoms with Crippen molar-refractivity contribution in [3.05, 3.63) is 82.0 Å². The van der Waals surface area contributed by atoms with Gasteiger partial charge in [-0.15, -0.1) is 0 Å². The van der Waals surface area contributed by atoms with Gasteiger partial charge in [-0.2, -0.15) is 18.3 Å². The Morgan fingerprint density at radius 3 is 2.67 bits per heavy atom. The summed E-state index contributed by atoms with van der Waals surface area (Å²) in [6, 6.07) is 11.5. The fraction of sp³-hybridized carbons (Fsp3) is 0.136. The molecule has 0 fully saturated rings. The molecular weight excluding hydrogens is 463 g/mol. The average Bonchev–Trinajstić information content (AvgIpc) is 2.78. The molecule has 0 amide bonds. The molecule has 0 aliphatic carbocycles. The summed E-state index contributed by atoms with van der Waals surface area (Å²) in [6.07, 6.45) is -2.38. The summed E-state index contributed by atoms with van der Waals surface area (Å²) in [6.45, 7) is 0.0613. The molecule has 1 aromatic heterocycles. The highest BCUT2D eigenvalue weighted by atomic mass is 35.5. The van der Waals surface area contributed by atoms with Crippen LogP contribution in [0.15, 0.2) is 59.8 Å². The van der Waals surface area contributed by atoms with Crippen LogP contribution in [-0.2, 0) is 12.8 Å². The molecule has 33 heavy (non-hydrogen) atoms. The van der Waals surface area contributed by atoms with Crippen LogP contribution in [-0.4, -0.2) is 29.4 Å². The predicted molar refractivity (Wildman–Crippen MR) is 116 cm³/mol. The first-order valence-corrected chi connectivity index (χ1v) is 9.70. The molecule has 0 aliphatic heterocycles. The summed E-state index contributed by atoms with van der Waals surface area (Å²) in [5.41, 5.74) is 2.96. The van der Waals surface area contributed by atoms with E-state index in [4.69, 9.17) is 26.2 Å². The number of carboxylic acids is 1. The monoisotopic (exact) mass is 479 g/mol. The fourth-order valence-electron chi connectivity index (χ4n) is 2.70. The Hall–Kier alpha value is -3.79. The fourth-order valence-corrected chi connectivity index (χ4v) is 2.98. The van der Waals surface area contributed by atoms with E-state index in [1.807, 2.05) is 0 Å². The van der Waals surface area contributed by atoms with E-state index in [1.165, 1.54) is 25.5 Å². The van der Waals surface area contributed by atoms with Crippen molar-refractivity contribution in [3.63, 3.8) is 0 Å². The lowest BCUT2D eigenvalue weighted by Gasteiger charge is -2.13. The molecule has 0 spiro atoms. The number of hydrogen-bond acceptors (Lipinski definition) is 6. The lowest BCUT2D eigenvalue weighted by atomic mass is 10.1. The van der Waals surface area contributed by atoms with Gasteiger partial charge in [0.1, 0.15) is 12.4 Å². The number of aromatic nitrogens is 1. The maximum atomic E-state index is 12.6. The number of rotatable bonds is 8. The van der Waals surface area contributed by atoms with Crippen molar-refractivity contribution >= 4 is 29.6 Å². The molecule has 2 aromatic carbocycles. The summed E-state index contributed by atoms with van der Waals surface area (Å²) >= 11 is 6.32. The molecule has 0 saturated heterocycles. The number of benzene rings is 2. The van der Waals surface area contributed by atoms with Crippen molar-refractivity contribution in [1.82, 2.24) is 4.98 Å². The van der Waals surface area contributed by atoms with Gasteiger partial charge in [-0.25, -0.2) is 9.78 Å². The molecule has 172 valence electrons. The normalized spacial score (nSPS) is 11.4. The summed E-state index contributed by atoms with van der Waals surface area (Å²) < 4.78 is 48.8. The topological polar surface area (TPSA) is 93.0 Å². The third kappa shape index (κ3) is 6.36. The molecule has 0 radical (unpaired) electrons. The van der Waals surface area contributed by atoms with Crippen LogP contribution in [0, 0.1) is 0 Å². The van der Waals surface area contributed by atoms with Gasteiger partial charge in [0.15, 0.2) is 11.5 Å². The van der Waals surface area contributed by atoms with E-state index in [2.05, 4.69) is 15.5 Å². The summed E-state index contributed by atoms with van der Waals surface area (Å²) in [5, 5.41) is 13.3. The first kappa shape index (κ1) is 23.9. The van der Waals surface area contributed by atoms with Crippen LogP contribution >= 0.6 is 11.6 Å². The Morgan fingerprint density at radius 1 is 1.24 bits per heavy atom. The largest absolute Gasteiger partial charge is 0.493 e. The molecule has 0 unspecified atom stereocenters. The smallest absolute Gasteiger partial charge is 0.417 e. The Bertz CT molecular complexity index is 1170. The third-order valence-corrected chi connectivity index (χ3v) is 4.57. The maximum absolute atomic E-state index is 12.6. The first-order chi connectivity index (χ1) is 15.7. The second-order valence-corrected chi connectivity index (χ2v) is 7.04. The SMILES string of the molecule is COc1cc(/C=N\Nc2ccc(C(F)(F)F)cn2)cc(Cl)c1OCc1cccc(C(=O)O)c1. The minimum absolute atomic E-state index is 0.0613. The van der Waals surface area contributed by atoms with Gasteiger partial charge in [-0.3, -0.25) is 5.43 Å². The number of anilines is 1. The minimum Gasteiger partial charge on any atom is -0.493 e. The molecule has 0 saturated carbocycles. The maximum Gasteiger partial charge on any atom is 0.417 e. The number of nitrogens with one attached hydrogen (secondary N) is 1. The number of carbonyl (C=O) groups is 1. The van der Waals surface area contributed by atoms with Crippen LogP contribution in [0.4, 0.5) is 19.0 Å². The highest BCUT2D eigenvalue weighted by Gasteiger charge is 2.30. The molecule has 7 nitrogen and oxygen atoms in total. The molecule has 3 aromatic rings. The van der Waals surface area contributed by atoms with E-state index in [1.54, 1.807) is 24.3 Å². The number of aromatic carboxylic acids is 1. The summed E-state index contributed by atoms with van der Waals surface area (Å²) in [4.78, 5) is 14.8. The van der Waals surface area contributed by atoms with Gasteiger partial charge in [0.25, 0.3) is 0 Å².